The van der Waals surface area contributed by atoms with E-state index in [1.807, 2.05) is 6.92 Å². The summed E-state index contributed by atoms with van der Waals surface area (Å²) in [6, 6.07) is 11.5. The van der Waals surface area contributed by atoms with Crippen LogP contribution in [-0.2, 0) is 9.47 Å². The van der Waals surface area contributed by atoms with Crippen LogP contribution >= 0.6 is 0 Å². The highest BCUT2D eigenvalue weighted by molar-refractivity contribution is 6.21. The molecule has 0 saturated carbocycles. The standard InChI is InChI=1S/C23H25NO7/c1-3-29-17-6-8-18(9-7-17)30-13-14-31-23(27)16-5-10-19-20(15-16)22(26)24(21(19)25)11-4-12-28-2/h5-10,15H,3-4,11-14H2,1-2H3. The molecule has 0 atom stereocenters. The molecular formula is C23H25NO7. The molecule has 0 fully saturated rings. The van der Waals surface area contributed by atoms with Crippen LogP contribution < -0.4 is 9.47 Å². The van der Waals surface area contributed by atoms with E-state index >= 15 is 0 Å². The number of benzene rings is 2. The Kier molecular flexibility index (Phi) is 7.61. The van der Waals surface area contributed by atoms with Crippen molar-refractivity contribution in [1.82, 2.24) is 4.90 Å². The fourth-order valence-corrected chi connectivity index (χ4v) is 3.16. The van der Waals surface area contributed by atoms with Crippen LogP contribution in [-0.4, -0.2) is 62.8 Å². The predicted molar refractivity (Wildman–Crippen MR) is 112 cm³/mol. The third-order valence-electron chi connectivity index (χ3n) is 4.66. The molecule has 0 radical (unpaired) electrons. The zero-order valence-electron chi connectivity index (χ0n) is 17.6. The van der Waals surface area contributed by atoms with E-state index < -0.39 is 11.9 Å². The van der Waals surface area contributed by atoms with Crippen LogP contribution in [0.5, 0.6) is 11.5 Å². The smallest absolute Gasteiger partial charge is 0.338 e. The van der Waals surface area contributed by atoms with Crippen molar-refractivity contribution >= 4 is 17.8 Å². The molecule has 1 aliphatic rings. The second-order valence-corrected chi connectivity index (χ2v) is 6.76. The van der Waals surface area contributed by atoms with Gasteiger partial charge < -0.3 is 18.9 Å². The Morgan fingerprint density at radius 2 is 1.55 bits per heavy atom. The summed E-state index contributed by atoms with van der Waals surface area (Å²) in [5, 5.41) is 0. The highest BCUT2D eigenvalue weighted by Gasteiger charge is 2.35. The van der Waals surface area contributed by atoms with Gasteiger partial charge in [0.15, 0.2) is 0 Å². The summed E-state index contributed by atoms with van der Waals surface area (Å²) in [6.45, 7) is 3.43. The van der Waals surface area contributed by atoms with Gasteiger partial charge in [-0.3, -0.25) is 14.5 Å². The van der Waals surface area contributed by atoms with E-state index in [1.165, 1.54) is 23.1 Å². The van der Waals surface area contributed by atoms with E-state index in [9.17, 15) is 14.4 Å². The van der Waals surface area contributed by atoms with Gasteiger partial charge in [-0.15, -0.1) is 0 Å². The quantitative estimate of drug-likeness (QED) is 0.309. The fourth-order valence-electron chi connectivity index (χ4n) is 3.16. The first-order valence-electron chi connectivity index (χ1n) is 10.1. The number of fused-ring (bicyclic) bond motifs is 1. The van der Waals surface area contributed by atoms with Crippen molar-refractivity contribution in [2.24, 2.45) is 0 Å². The van der Waals surface area contributed by atoms with Gasteiger partial charge in [-0.25, -0.2) is 4.79 Å². The Hall–Kier alpha value is -3.39. The maximum atomic E-state index is 12.5. The molecule has 2 aromatic rings. The molecule has 0 saturated heterocycles. The molecule has 0 bridgehead atoms. The number of carbonyl (C=O) groups is 3. The number of esters is 1. The lowest BCUT2D eigenvalue weighted by Crippen LogP contribution is -2.31. The van der Waals surface area contributed by atoms with Gasteiger partial charge in [0.2, 0.25) is 0 Å². The minimum absolute atomic E-state index is 0.0408. The van der Waals surface area contributed by atoms with Crippen LogP contribution in [0.1, 0.15) is 44.4 Å². The second-order valence-electron chi connectivity index (χ2n) is 6.76. The van der Waals surface area contributed by atoms with Crippen molar-refractivity contribution in [3.8, 4) is 11.5 Å². The van der Waals surface area contributed by atoms with Gasteiger partial charge in [-0.1, -0.05) is 0 Å². The Labute approximate surface area is 180 Å². The number of carbonyl (C=O) groups excluding carboxylic acids is 3. The largest absolute Gasteiger partial charge is 0.494 e. The van der Waals surface area contributed by atoms with Crippen molar-refractivity contribution in [2.45, 2.75) is 13.3 Å². The minimum atomic E-state index is -0.587. The number of ether oxygens (including phenoxy) is 4. The first-order chi connectivity index (χ1) is 15.0. The maximum Gasteiger partial charge on any atom is 0.338 e. The van der Waals surface area contributed by atoms with Crippen LogP contribution in [0.15, 0.2) is 42.5 Å². The average molecular weight is 427 g/mol. The molecule has 164 valence electrons. The number of rotatable bonds is 11. The molecular weight excluding hydrogens is 402 g/mol. The first kappa shape index (κ1) is 22.3. The van der Waals surface area contributed by atoms with Crippen molar-refractivity contribution in [1.29, 1.82) is 0 Å². The second kappa shape index (κ2) is 10.6. The molecule has 0 unspecified atom stereocenters. The van der Waals surface area contributed by atoms with Crippen LogP contribution in [0.2, 0.25) is 0 Å². The van der Waals surface area contributed by atoms with E-state index in [-0.39, 0.29) is 42.4 Å². The molecule has 1 aliphatic heterocycles. The van der Waals surface area contributed by atoms with Crippen LogP contribution in [0.25, 0.3) is 0 Å². The third kappa shape index (κ3) is 5.40. The van der Waals surface area contributed by atoms with Gasteiger partial charge in [0.1, 0.15) is 24.7 Å². The highest BCUT2D eigenvalue weighted by Crippen LogP contribution is 2.24. The third-order valence-corrected chi connectivity index (χ3v) is 4.66. The van der Waals surface area contributed by atoms with Crippen LogP contribution in [0.4, 0.5) is 0 Å². The van der Waals surface area contributed by atoms with Crippen LogP contribution in [0, 0.1) is 0 Å². The lowest BCUT2D eigenvalue weighted by atomic mass is 10.1. The van der Waals surface area contributed by atoms with Gasteiger partial charge in [0.05, 0.1) is 23.3 Å². The zero-order chi connectivity index (χ0) is 22.2. The van der Waals surface area contributed by atoms with Gasteiger partial charge in [0.25, 0.3) is 11.8 Å². The molecule has 0 spiro atoms. The van der Waals surface area contributed by atoms with Gasteiger partial charge in [-0.05, 0) is 55.8 Å². The Balaban J connectivity index is 1.52. The van der Waals surface area contributed by atoms with Gasteiger partial charge >= 0.3 is 5.97 Å². The minimum Gasteiger partial charge on any atom is -0.494 e. The zero-order valence-corrected chi connectivity index (χ0v) is 17.6. The lowest BCUT2D eigenvalue weighted by Gasteiger charge is -2.12. The van der Waals surface area contributed by atoms with Gasteiger partial charge in [-0.2, -0.15) is 0 Å². The van der Waals surface area contributed by atoms with Crippen molar-refractivity contribution in [3.63, 3.8) is 0 Å². The number of amides is 2. The maximum absolute atomic E-state index is 12.5. The molecule has 3 rings (SSSR count). The molecule has 2 amide bonds. The van der Waals surface area contributed by atoms with E-state index in [0.29, 0.717) is 25.4 Å². The summed E-state index contributed by atoms with van der Waals surface area (Å²) in [6.07, 6.45) is 0.547. The number of nitrogens with zero attached hydrogens (tertiary/aromatic N) is 1. The van der Waals surface area contributed by atoms with E-state index in [1.54, 1.807) is 31.4 Å². The molecule has 0 aliphatic carbocycles. The predicted octanol–water partition coefficient (Wildman–Crippen LogP) is 2.95. The molecule has 1 heterocycles. The normalized spacial score (nSPS) is 12.6. The Bertz CT molecular complexity index is 939. The molecule has 31 heavy (non-hydrogen) atoms. The Morgan fingerprint density at radius 3 is 2.23 bits per heavy atom. The molecule has 0 N–H and O–H groups in total. The van der Waals surface area contributed by atoms with E-state index in [2.05, 4.69) is 0 Å². The van der Waals surface area contributed by atoms with Crippen molar-refractivity contribution in [3.05, 3.63) is 59.2 Å². The first-order valence-corrected chi connectivity index (χ1v) is 10.1. The van der Waals surface area contributed by atoms with Crippen LogP contribution in [0.3, 0.4) is 0 Å². The van der Waals surface area contributed by atoms with E-state index in [4.69, 9.17) is 18.9 Å². The summed E-state index contributed by atoms with van der Waals surface area (Å²) in [7, 11) is 1.56. The summed E-state index contributed by atoms with van der Waals surface area (Å²) in [5.41, 5.74) is 0.708. The lowest BCUT2D eigenvalue weighted by molar-refractivity contribution is 0.0450. The number of hydrogen-bond donors (Lipinski definition) is 0. The Morgan fingerprint density at radius 1 is 0.871 bits per heavy atom. The average Bonchev–Trinajstić information content (AvgIpc) is 3.02. The highest BCUT2D eigenvalue weighted by atomic mass is 16.6. The summed E-state index contributed by atoms with van der Waals surface area (Å²) in [4.78, 5) is 38.5. The molecule has 8 nitrogen and oxygen atoms in total. The topological polar surface area (TPSA) is 91.4 Å². The number of imide groups is 1. The SMILES string of the molecule is CCOc1ccc(OCCOC(=O)c2ccc3c(c2)C(=O)N(CCCOC)C3=O)cc1. The summed E-state index contributed by atoms with van der Waals surface area (Å²) >= 11 is 0. The number of methoxy groups -OCH3 is 1. The van der Waals surface area contributed by atoms with E-state index in [0.717, 1.165) is 5.75 Å². The summed E-state index contributed by atoms with van der Waals surface area (Å²) < 4.78 is 21.1. The van der Waals surface area contributed by atoms with Gasteiger partial charge in [0, 0.05) is 20.3 Å². The van der Waals surface area contributed by atoms with Crippen molar-refractivity contribution in [2.75, 3.05) is 40.1 Å². The fraction of sp³-hybridized carbons (Fsp3) is 0.348. The molecule has 8 heteroatoms. The molecule has 2 aromatic carbocycles. The molecule has 0 aromatic heterocycles. The summed E-state index contributed by atoms with van der Waals surface area (Å²) in [5.74, 6) is 0.0263. The number of hydrogen-bond acceptors (Lipinski definition) is 7. The van der Waals surface area contributed by atoms with Crippen molar-refractivity contribution < 1.29 is 33.3 Å². The monoisotopic (exact) mass is 427 g/mol.